The lowest BCUT2D eigenvalue weighted by Crippen LogP contribution is -2.03. The summed E-state index contributed by atoms with van der Waals surface area (Å²) in [6.07, 6.45) is -0.378. The highest BCUT2D eigenvalue weighted by Gasteiger charge is 2.17. The van der Waals surface area contributed by atoms with E-state index in [1.54, 1.807) is 30.3 Å². The molecule has 1 N–H and O–H groups in total. The van der Waals surface area contributed by atoms with Crippen molar-refractivity contribution in [1.82, 2.24) is 0 Å². The number of hydrogen-bond donors (Lipinski definition) is 1. The first kappa shape index (κ1) is 14.0. The van der Waals surface area contributed by atoms with Crippen LogP contribution in [-0.4, -0.2) is 16.0 Å². The predicted molar refractivity (Wildman–Crippen MR) is 74.9 cm³/mol. The monoisotopic (exact) mass is 291 g/mol. The van der Waals surface area contributed by atoms with Gasteiger partial charge in [-0.3, -0.25) is 14.9 Å². The molecule has 0 aliphatic carbocycles. The first-order valence-corrected chi connectivity index (χ1v) is 6.10. The third-order valence-electron chi connectivity index (χ3n) is 2.80. The number of halogens is 1. The number of carbonyl (C=O) groups is 1. The molecule has 0 spiro atoms. The fraction of sp³-hybridized carbons (Fsp3) is 0.0714. The molecule has 0 heterocycles. The van der Waals surface area contributed by atoms with Crippen molar-refractivity contribution in [2.45, 2.75) is 6.42 Å². The molecule has 20 heavy (non-hydrogen) atoms. The van der Waals surface area contributed by atoms with Crippen LogP contribution in [0.5, 0.6) is 0 Å². The SMILES string of the molecule is O=C(O)Cc1ccc(-c2ccc(Cl)cc2)cc1[N+](=O)[O-]. The van der Waals surface area contributed by atoms with Gasteiger partial charge >= 0.3 is 5.97 Å². The van der Waals surface area contributed by atoms with Gasteiger partial charge < -0.3 is 5.11 Å². The van der Waals surface area contributed by atoms with Gasteiger partial charge in [-0.05, 0) is 23.3 Å². The quantitative estimate of drug-likeness (QED) is 0.690. The van der Waals surface area contributed by atoms with Crippen LogP contribution in [0.3, 0.4) is 0 Å². The minimum absolute atomic E-state index is 0.181. The molecule has 0 bridgehead atoms. The molecule has 2 rings (SSSR count). The van der Waals surface area contributed by atoms with Crippen LogP contribution in [0.25, 0.3) is 11.1 Å². The lowest BCUT2D eigenvalue weighted by molar-refractivity contribution is -0.385. The van der Waals surface area contributed by atoms with Crippen molar-refractivity contribution in [3.05, 3.63) is 63.2 Å². The topological polar surface area (TPSA) is 80.4 Å². The first-order chi connectivity index (χ1) is 9.47. The number of hydrogen-bond acceptors (Lipinski definition) is 3. The number of carboxylic acid groups (broad SMARTS) is 1. The lowest BCUT2D eigenvalue weighted by Gasteiger charge is -2.05. The van der Waals surface area contributed by atoms with Gasteiger partial charge in [-0.1, -0.05) is 35.9 Å². The molecule has 0 aromatic heterocycles. The molecule has 0 saturated heterocycles. The molecular formula is C14H10ClNO4. The summed E-state index contributed by atoms with van der Waals surface area (Å²) < 4.78 is 0. The number of nitro groups is 1. The van der Waals surface area contributed by atoms with E-state index in [-0.39, 0.29) is 17.7 Å². The van der Waals surface area contributed by atoms with Crippen LogP contribution < -0.4 is 0 Å². The Balaban J connectivity index is 2.47. The van der Waals surface area contributed by atoms with E-state index in [9.17, 15) is 14.9 Å². The minimum Gasteiger partial charge on any atom is -0.481 e. The molecule has 0 radical (unpaired) electrons. The zero-order valence-corrected chi connectivity index (χ0v) is 11.0. The smallest absolute Gasteiger partial charge is 0.308 e. The van der Waals surface area contributed by atoms with Crippen LogP contribution in [0.1, 0.15) is 5.56 Å². The van der Waals surface area contributed by atoms with Gasteiger partial charge in [-0.2, -0.15) is 0 Å². The summed E-state index contributed by atoms with van der Waals surface area (Å²) >= 11 is 5.79. The van der Waals surface area contributed by atoms with Crippen LogP contribution in [-0.2, 0) is 11.2 Å². The largest absolute Gasteiger partial charge is 0.481 e. The molecule has 6 heteroatoms. The van der Waals surface area contributed by atoms with Crippen LogP contribution in [0.2, 0.25) is 5.02 Å². The summed E-state index contributed by atoms with van der Waals surface area (Å²) in [6.45, 7) is 0. The van der Waals surface area contributed by atoms with Crippen molar-refractivity contribution in [3.8, 4) is 11.1 Å². The number of aliphatic carboxylic acids is 1. The first-order valence-electron chi connectivity index (χ1n) is 5.72. The van der Waals surface area contributed by atoms with E-state index >= 15 is 0 Å². The van der Waals surface area contributed by atoms with Gasteiger partial charge in [-0.25, -0.2) is 0 Å². The average molecular weight is 292 g/mol. The Morgan fingerprint density at radius 1 is 1.15 bits per heavy atom. The molecule has 0 atom stereocenters. The summed E-state index contributed by atoms with van der Waals surface area (Å²) in [5, 5.41) is 20.4. The molecule has 0 aliphatic heterocycles. The summed E-state index contributed by atoms with van der Waals surface area (Å²) in [7, 11) is 0. The maximum Gasteiger partial charge on any atom is 0.308 e. The van der Waals surface area contributed by atoms with Crippen molar-refractivity contribution in [3.63, 3.8) is 0 Å². The Morgan fingerprint density at radius 2 is 1.75 bits per heavy atom. The maximum absolute atomic E-state index is 11.0. The van der Waals surface area contributed by atoms with Gasteiger partial charge in [-0.15, -0.1) is 0 Å². The highest BCUT2D eigenvalue weighted by molar-refractivity contribution is 6.30. The van der Waals surface area contributed by atoms with Crippen LogP contribution in [0, 0.1) is 10.1 Å². The highest BCUT2D eigenvalue weighted by Crippen LogP contribution is 2.28. The zero-order valence-electron chi connectivity index (χ0n) is 10.2. The zero-order chi connectivity index (χ0) is 14.7. The summed E-state index contributed by atoms with van der Waals surface area (Å²) in [4.78, 5) is 21.2. The Kier molecular flexibility index (Phi) is 4.00. The second-order valence-electron chi connectivity index (χ2n) is 4.18. The second kappa shape index (κ2) is 5.71. The standard InChI is InChI=1S/C14H10ClNO4/c15-12-5-3-9(4-6-12)10-1-2-11(8-14(17)18)13(7-10)16(19)20/h1-7H,8H2,(H,17,18). The molecule has 2 aromatic carbocycles. The van der Waals surface area contributed by atoms with Gasteiger partial charge in [0.2, 0.25) is 0 Å². The van der Waals surface area contributed by atoms with Crippen LogP contribution in [0.4, 0.5) is 5.69 Å². The van der Waals surface area contributed by atoms with E-state index in [2.05, 4.69) is 0 Å². The van der Waals surface area contributed by atoms with Crippen molar-refractivity contribution < 1.29 is 14.8 Å². The normalized spacial score (nSPS) is 10.2. The molecule has 0 unspecified atom stereocenters. The van der Waals surface area contributed by atoms with Crippen LogP contribution in [0.15, 0.2) is 42.5 Å². The Bertz CT molecular complexity index is 667. The second-order valence-corrected chi connectivity index (χ2v) is 4.61. The van der Waals surface area contributed by atoms with Crippen molar-refractivity contribution in [2.24, 2.45) is 0 Å². The van der Waals surface area contributed by atoms with Crippen molar-refractivity contribution >= 4 is 23.3 Å². The Morgan fingerprint density at radius 3 is 2.30 bits per heavy atom. The highest BCUT2D eigenvalue weighted by atomic mass is 35.5. The van der Waals surface area contributed by atoms with E-state index in [0.717, 1.165) is 5.56 Å². The van der Waals surface area contributed by atoms with Gasteiger partial charge in [0.1, 0.15) is 0 Å². The fourth-order valence-electron chi connectivity index (χ4n) is 1.87. The van der Waals surface area contributed by atoms with E-state index in [4.69, 9.17) is 16.7 Å². The number of carboxylic acids is 1. The van der Waals surface area contributed by atoms with Crippen molar-refractivity contribution in [2.75, 3.05) is 0 Å². The van der Waals surface area contributed by atoms with Gasteiger partial charge in [0, 0.05) is 16.7 Å². The van der Waals surface area contributed by atoms with E-state index in [1.807, 2.05) is 0 Å². The lowest BCUT2D eigenvalue weighted by atomic mass is 10.0. The Labute approximate surface area is 119 Å². The summed E-state index contributed by atoms with van der Waals surface area (Å²) in [5.41, 5.74) is 1.40. The average Bonchev–Trinajstić information content (AvgIpc) is 2.39. The number of rotatable bonds is 4. The van der Waals surface area contributed by atoms with Crippen LogP contribution >= 0.6 is 11.6 Å². The molecule has 0 aliphatic rings. The number of nitro benzene ring substituents is 1. The van der Waals surface area contributed by atoms with E-state index < -0.39 is 10.9 Å². The maximum atomic E-state index is 11.0. The molecule has 5 nitrogen and oxygen atoms in total. The molecule has 0 amide bonds. The van der Waals surface area contributed by atoms with Crippen molar-refractivity contribution in [1.29, 1.82) is 0 Å². The molecule has 0 saturated carbocycles. The number of benzene rings is 2. The summed E-state index contributed by atoms with van der Waals surface area (Å²) in [5.74, 6) is -1.10. The number of nitrogens with zero attached hydrogens (tertiary/aromatic N) is 1. The van der Waals surface area contributed by atoms with Gasteiger partial charge in [0.15, 0.2) is 0 Å². The summed E-state index contributed by atoms with van der Waals surface area (Å²) in [6, 6.07) is 11.4. The molecule has 102 valence electrons. The molecule has 0 fully saturated rings. The molecule has 2 aromatic rings. The fourth-order valence-corrected chi connectivity index (χ4v) is 1.99. The third-order valence-corrected chi connectivity index (χ3v) is 3.05. The van der Waals surface area contributed by atoms with Gasteiger partial charge in [0.05, 0.1) is 11.3 Å². The van der Waals surface area contributed by atoms with E-state index in [0.29, 0.717) is 10.6 Å². The minimum atomic E-state index is -1.10. The van der Waals surface area contributed by atoms with Gasteiger partial charge in [0.25, 0.3) is 5.69 Å². The third kappa shape index (κ3) is 3.13. The van der Waals surface area contributed by atoms with E-state index in [1.165, 1.54) is 12.1 Å². The molecular weight excluding hydrogens is 282 g/mol. The predicted octanol–water partition coefficient (Wildman–Crippen LogP) is 3.54. The Hall–Kier alpha value is -2.40.